The monoisotopic (exact) mass is 1420 g/mol. The number of aliphatic hydroxyl groups is 1. The first-order valence-electron chi connectivity index (χ1n) is 40.6. The molecule has 0 saturated heterocycles. The van der Waals surface area contributed by atoms with Gasteiger partial charge in [0.15, 0.2) is 12.2 Å². The van der Waals surface area contributed by atoms with Gasteiger partial charge < -0.3 is 33.8 Å². The lowest BCUT2D eigenvalue weighted by Crippen LogP contribution is -2.30. The van der Waals surface area contributed by atoms with Crippen molar-refractivity contribution in [3.63, 3.8) is 0 Å². The van der Waals surface area contributed by atoms with Crippen molar-refractivity contribution >= 4 is 39.5 Å². The van der Waals surface area contributed by atoms with Gasteiger partial charge in [-0.1, -0.05) is 362 Å². The van der Waals surface area contributed by atoms with Gasteiger partial charge in [-0.15, -0.1) is 0 Å². The molecule has 17 nitrogen and oxygen atoms in total. The van der Waals surface area contributed by atoms with Gasteiger partial charge in [-0.3, -0.25) is 37.3 Å². The quantitative estimate of drug-likeness (QED) is 0.0222. The van der Waals surface area contributed by atoms with Gasteiger partial charge in [0.2, 0.25) is 0 Å². The maximum absolute atomic E-state index is 13.1. The number of aliphatic hydroxyl groups excluding tert-OH is 1. The Morgan fingerprint density at radius 1 is 0.278 bits per heavy atom. The molecule has 19 heteroatoms. The molecule has 0 aliphatic carbocycles. The van der Waals surface area contributed by atoms with Gasteiger partial charge in [0.05, 0.1) is 26.4 Å². The normalized spacial score (nSPS) is 13.9. The van der Waals surface area contributed by atoms with Crippen LogP contribution in [0.2, 0.25) is 0 Å². The van der Waals surface area contributed by atoms with Crippen LogP contribution in [-0.2, 0) is 65.4 Å². The molecule has 0 rings (SSSR count). The number of unbranched alkanes of at least 4 members (excludes halogenated alkanes) is 50. The summed E-state index contributed by atoms with van der Waals surface area (Å²) in [6.07, 6.45) is 61.0. The van der Waals surface area contributed by atoms with Crippen LogP contribution in [0.1, 0.15) is 413 Å². The molecule has 5 atom stereocenters. The molecular formula is C78H152O17P2. The summed E-state index contributed by atoms with van der Waals surface area (Å²) in [7, 11) is -9.91. The third-order valence-electron chi connectivity index (χ3n) is 18.3. The van der Waals surface area contributed by atoms with E-state index in [9.17, 15) is 43.2 Å². The topological polar surface area (TPSA) is 237 Å². The maximum Gasteiger partial charge on any atom is 0.472 e. The molecule has 576 valence electrons. The lowest BCUT2D eigenvalue weighted by molar-refractivity contribution is -0.161. The van der Waals surface area contributed by atoms with E-state index in [0.29, 0.717) is 25.7 Å². The Labute approximate surface area is 594 Å². The lowest BCUT2D eigenvalue weighted by Gasteiger charge is -2.21. The summed E-state index contributed by atoms with van der Waals surface area (Å²) < 4.78 is 68.6. The predicted octanol–water partition coefficient (Wildman–Crippen LogP) is 23.3. The molecule has 3 N–H and O–H groups in total. The minimum atomic E-state index is -4.96. The first-order chi connectivity index (χ1) is 47.0. The Balaban J connectivity index is 5.20. The van der Waals surface area contributed by atoms with E-state index < -0.39 is 97.5 Å². The van der Waals surface area contributed by atoms with Crippen molar-refractivity contribution in [2.75, 3.05) is 39.6 Å². The summed E-state index contributed by atoms with van der Waals surface area (Å²) in [5.41, 5.74) is 0. The van der Waals surface area contributed by atoms with Crippen LogP contribution in [0.15, 0.2) is 0 Å². The molecule has 0 aliphatic heterocycles. The van der Waals surface area contributed by atoms with Gasteiger partial charge >= 0.3 is 39.5 Å². The Morgan fingerprint density at radius 2 is 0.474 bits per heavy atom. The van der Waals surface area contributed by atoms with E-state index in [0.717, 1.165) is 95.8 Å². The molecular weight excluding hydrogens is 1270 g/mol. The first kappa shape index (κ1) is 95.1. The number of rotatable bonds is 78. The van der Waals surface area contributed by atoms with Crippen LogP contribution in [-0.4, -0.2) is 96.7 Å². The predicted molar refractivity (Wildman–Crippen MR) is 395 cm³/mol. The number of ether oxygens (including phenoxy) is 4. The van der Waals surface area contributed by atoms with Crippen molar-refractivity contribution in [3.05, 3.63) is 0 Å². The van der Waals surface area contributed by atoms with Gasteiger partial charge in [-0.05, 0) is 31.6 Å². The molecule has 0 saturated carbocycles. The molecule has 0 fully saturated rings. The Hall–Kier alpha value is -1.94. The van der Waals surface area contributed by atoms with E-state index in [2.05, 4.69) is 34.6 Å². The zero-order valence-electron chi connectivity index (χ0n) is 63.2. The smallest absolute Gasteiger partial charge is 0.462 e. The van der Waals surface area contributed by atoms with E-state index in [1.807, 2.05) is 0 Å². The highest BCUT2D eigenvalue weighted by Crippen LogP contribution is 2.45. The summed E-state index contributed by atoms with van der Waals surface area (Å²) in [5.74, 6) is -1.34. The van der Waals surface area contributed by atoms with E-state index in [-0.39, 0.29) is 25.7 Å². The zero-order chi connectivity index (χ0) is 71.2. The molecule has 0 aromatic rings. The average Bonchev–Trinajstić information content (AvgIpc) is 1.25. The minimum Gasteiger partial charge on any atom is -0.462 e. The fraction of sp³-hybridized carbons (Fsp3) is 0.949. The summed E-state index contributed by atoms with van der Waals surface area (Å²) in [4.78, 5) is 72.8. The second-order valence-corrected chi connectivity index (χ2v) is 31.5. The molecule has 0 amide bonds. The second-order valence-electron chi connectivity index (χ2n) is 28.6. The van der Waals surface area contributed by atoms with E-state index in [4.69, 9.17) is 37.0 Å². The van der Waals surface area contributed by atoms with Gasteiger partial charge in [-0.2, -0.15) is 0 Å². The number of hydrogen-bond acceptors (Lipinski definition) is 15. The maximum atomic E-state index is 13.1. The van der Waals surface area contributed by atoms with Crippen LogP contribution in [0.4, 0.5) is 0 Å². The number of phosphoric acid groups is 2. The summed E-state index contributed by atoms with van der Waals surface area (Å²) in [6.45, 7) is 7.30. The SMILES string of the molecule is CCCCCCCCCCCCCCCCCCCCCCCC(=O)O[C@H](COC(=O)CCCCCCCCCCCCCC(C)C)COP(=O)(O)OC[C@@H](O)COP(=O)(O)OC[C@@H](COC(=O)CCCCCCCCCCCC)OC(=O)CCCCCCCCCCCCCC. The van der Waals surface area contributed by atoms with Crippen molar-refractivity contribution in [2.24, 2.45) is 5.92 Å². The molecule has 2 unspecified atom stereocenters. The van der Waals surface area contributed by atoms with Gasteiger partial charge in [0.1, 0.15) is 19.3 Å². The molecule has 0 bridgehead atoms. The van der Waals surface area contributed by atoms with Gasteiger partial charge in [0, 0.05) is 25.7 Å². The molecule has 0 aromatic heterocycles. The fourth-order valence-electron chi connectivity index (χ4n) is 12.1. The minimum absolute atomic E-state index is 0.108. The van der Waals surface area contributed by atoms with Crippen LogP contribution in [0, 0.1) is 5.92 Å². The average molecular weight is 1420 g/mol. The van der Waals surface area contributed by atoms with Crippen LogP contribution >= 0.6 is 15.6 Å². The van der Waals surface area contributed by atoms with Crippen molar-refractivity contribution in [3.8, 4) is 0 Å². The molecule has 0 aliphatic rings. The van der Waals surface area contributed by atoms with Crippen molar-refractivity contribution in [1.82, 2.24) is 0 Å². The molecule has 97 heavy (non-hydrogen) atoms. The first-order valence-corrected chi connectivity index (χ1v) is 43.6. The van der Waals surface area contributed by atoms with Crippen molar-refractivity contribution in [1.29, 1.82) is 0 Å². The molecule has 0 aromatic carbocycles. The third kappa shape index (κ3) is 72.2. The number of hydrogen-bond donors (Lipinski definition) is 3. The van der Waals surface area contributed by atoms with Gasteiger partial charge in [-0.25, -0.2) is 9.13 Å². The number of carbonyl (C=O) groups excluding carboxylic acids is 4. The van der Waals surface area contributed by atoms with E-state index in [1.54, 1.807) is 0 Å². The summed E-state index contributed by atoms with van der Waals surface area (Å²) in [5, 5.41) is 10.6. The highest BCUT2D eigenvalue weighted by molar-refractivity contribution is 7.47. The highest BCUT2D eigenvalue weighted by atomic mass is 31.2. The van der Waals surface area contributed by atoms with Crippen LogP contribution in [0.5, 0.6) is 0 Å². The molecule has 0 radical (unpaired) electrons. The Morgan fingerprint density at radius 3 is 0.701 bits per heavy atom. The largest absolute Gasteiger partial charge is 0.472 e. The standard InChI is InChI=1S/C78H152O17P2/c1-6-9-12-15-18-21-24-26-27-28-29-30-31-32-33-34-38-44-49-54-59-64-78(83)95-74(68-89-76(81)62-57-52-47-42-39-35-36-40-45-50-55-60-71(4)5)70-93-97(86,87)91-66-72(79)65-90-96(84,85)92-69-73(67-88-75(80)61-56-51-46-41-23-20-17-14-11-8-3)94-77(82)63-58-53-48-43-37-25-22-19-16-13-10-7-2/h71-74,79H,6-70H2,1-5H3,(H,84,85)(H,86,87)/t72-,73+,74+/m0/s1. The van der Waals surface area contributed by atoms with Crippen LogP contribution < -0.4 is 0 Å². The van der Waals surface area contributed by atoms with Crippen molar-refractivity contribution < 1.29 is 80.2 Å². The molecule has 0 heterocycles. The zero-order valence-corrected chi connectivity index (χ0v) is 65.0. The molecule has 0 spiro atoms. The van der Waals surface area contributed by atoms with Crippen LogP contribution in [0.3, 0.4) is 0 Å². The number of carbonyl (C=O) groups is 4. The number of esters is 4. The third-order valence-corrected chi connectivity index (χ3v) is 20.2. The van der Waals surface area contributed by atoms with Crippen LogP contribution in [0.25, 0.3) is 0 Å². The highest BCUT2D eigenvalue weighted by Gasteiger charge is 2.30. The summed E-state index contributed by atoms with van der Waals surface area (Å²) in [6, 6.07) is 0. The van der Waals surface area contributed by atoms with E-state index in [1.165, 1.54) is 238 Å². The second kappa shape index (κ2) is 71.1. The Bertz CT molecular complexity index is 1860. The Kier molecular flexibility index (Phi) is 69.6. The van der Waals surface area contributed by atoms with Crippen molar-refractivity contribution in [2.45, 2.75) is 432 Å². The van der Waals surface area contributed by atoms with Gasteiger partial charge in [0.25, 0.3) is 0 Å². The fourth-order valence-corrected chi connectivity index (χ4v) is 13.6. The summed E-state index contributed by atoms with van der Waals surface area (Å²) >= 11 is 0. The number of phosphoric ester groups is 2. The lowest BCUT2D eigenvalue weighted by atomic mass is 10.0. The van der Waals surface area contributed by atoms with E-state index >= 15 is 0 Å².